The number of rotatable bonds is 8. The summed E-state index contributed by atoms with van der Waals surface area (Å²) >= 11 is 1.47. The quantitative estimate of drug-likeness (QED) is 0.582. The summed E-state index contributed by atoms with van der Waals surface area (Å²) in [5, 5.41) is 7.54. The molecule has 0 aliphatic carbocycles. The summed E-state index contributed by atoms with van der Waals surface area (Å²) in [6, 6.07) is 13.9. The smallest absolute Gasteiger partial charge is 0.220 e. The lowest BCUT2D eigenvalue weighted by Crippen LogP contribution is -2.23. The Hall–Kier alpha value is -2.73. The number of nitrogens with zero attached hydrogens (tertiary/aromatic N) is 2. The Bertz CT molecular complexity index is 973. The van der Waals surface area contributed by atoms with Crippen LogP contribution in [0.2, 0.25) is 0 Å². The zero-order valence-corrected chi connectivity index (χ0v) is 17.3. The lowest BCUT2D eigenvalue weighted by atomic mass is 10.1. The zero-order valence-electron chi connectivity index (χ0n) is 16.5. The summed E-state index contributed by atoms with van der Waals surface area (Å²) in [5.74, 6) is -0.0903. The summed E-state index contributed by atoms with van der Waals surface area (Å²) in [6.45, 7) is 7.08. The Labute approximate surface area is 169 Å². The van der Waals surface area contributed by atoms with E-state index in [0.29, 0.717) is 13.1 Å². The number of nitrogens with one attached hydrogen (secondary N) is 1. The van der Waals surface area contributed by atoms with Gasteiger partial charge < -0.3 is 5.32 Å². The van der Waals surface area contributed by atoms with E-state index in [9.17, 15) is 9.59 Å². The van der Waals surface area contributed by atoms with Gasteiger partial charge in [0.2, 0.25) is 5.91 Å². The Morgan fingerprint density at radius 3 is 2.46 bits per heavy atom. The maximum absolute atomic E-state index is 12.2. The van der Waals surface area contributed by atoms with E-state index in [0.717, 1.165) is 26.7 Å². The second-order valence-electron chi connectivity index (χ2n) is 6.90. The molecule has 6 heteroatoms. The van der Waals surface area contributed by atoms with Crippen molar-refractivity contribution < 1.29 is 9.59 Å². The Morgan fingerprint density at radius 1 is 1.04 bits per heavy atom. The summed E-state index contributed by atoms with van der Waals surface area (Å²) in [5.41, 5.74) is 4.18. The second-order valence-corrected chi connectivity index (χ2v) is 8.19. The molecule has 0 unspecified atom stereocenters. The molecule has 1 amide bonds. The van der Waals surface area contributed by atoms with Crippen LogP contribution in [-0.2, 0) is 17.9 Å². The maximum atomic E-state index is 12.2. The average Bonchev–Trinajstić information content (AvgIpc) is 3.23. The van der Waals surface area contributed by atoms with Crippen molar-refractivity contribution in [2.24, 2.45) is 0 Å². The van der Waals surface area contributed by atoms with E-state index < -0.39 is 0 Å². The summed E-state index contributed by atoms with van der Waals surface area (Å²) in [4.78, 5) is 26.2. The number of hydrogen-bond donors (Lipinski definition) is 1. The first-order valence-electron chi connectivity index (χ1n) is 9.37. The van der Waals surface area contributed by atoms with E-state index in [1.165, 1.54) is 16.9 Å². The highest BCUT2D eigenvalue weighted by molar-refractivity contribution is 7.14. The number of aryl methyl sites for hydroxylation is 2. The van der Waals surface area contributed by atoms with Gasteiger partial charge in [-0.15, -0.1) is 11.3 Å². The first-order chi connectivity index (χ1) is 13.4. The minimum atomic E-state index is -0.115. The topological polar surface area (TPSA) is 64.0 Å². The molecule has 0 bridgehead atoms. The molecule has 0 saturated heterocycles. The zero-order chi connectivity index (χ0) is 20.1. The molecule has 0 aliphatic rings. The third kappa shape index (κ3) is 4.95. The fourth-order valence-electron chi connectivity index (χ4n) is 3.11. The van der Waals surface area contributed by atoms with Crippen molar-refractivity contribution >= 4 is 23.0 Å². The molecule has 0 atom stereocenters. The molecule has 28 heavy (non-hydrogen) atoms. The lowest BCUT2D eigenvalue weighted by Gasteiger charge is -2.07. The van der Waals surface area contributed by atoms with Crippen LogP contribution >= 0.6 is 11.3 Å². The van der Waals surface area contributed by atoms with E-state index in [1.807, 2.05) is 55.8 Å². The highest BCUT2D eigenvalue weighted by atomic mass is 32.1. The predicted octanol–water partition coefficient (Wildman–Crippen LogP) is 4.20. The number of carbonyl (C=O) groups is 2. The second kappa shape index (κ2) is 8.97. The van der Waals surface area contributed by atoms with Crippen molar-refractivity contribution in [1.29, 1.82) is 0 Å². The minimum absolute atomic E-state index is 0.0243. The number of aromatic nitrogens is 2. The number of amides is 1. The number of carbonyl (C=O) groups excluding carboxylic acids is 2. The molecule has 3 rings (SSSR count). The molecule has 1 N–H and O–H groups in total. The van der Waals surface area contributed by atoms with Crippen LogP contribution in [0.15, 0.2) is 42.5 Å². The minimum Gasteiger partial charge on any atom is -0.352 e. The molecule has 146 valence electrons. The van der Waals surface area contributed by atoms with Crippen molar-refractivity contribution in [3.05, 3.63) is 74.7 Å². The average molecular weight is 396 g/mol. The monoisotopic (exact) mass is 395 g/mol. The molecular weight excluding hydrogens is 370 g/mol. The third-order valence-electron chi connectivity index (χ3n) is 4.76. The molecule has 1 aromatic carbocycles. The van der Waals surface area contributed by atoms with Crippen molar-refractivity contribution in [3.63, 3.8) is 0 Å². The van der Waals surface area contributed by atoms with Gasteiger partial charge in [0.25, 0.3) is 0 Å². The Morgan fingerprint density at radius 2 is 1.79 bits per heavy atom. The fourth-order valence-corrected chi connectivity index (χ4v) is 3.95. The molecule has 3 aromatic rings. The summed E-state index contributed by atoms with van der Waals surface area (Å²) in [7, 11) is 0. The molecule has 0 fully saturated rings. The van der Waals surface area contributed by atoms with Crippen LogP contribution in [0.1, 0.15) is 49.9 Å². The van der Waals surface area contributed by atoms with Crippen LogP contribution in [0.4, 0.5) is 0 Å². The van der Waals surface area contributed by atoms with Gasteiger partial charge in [-0.2, -0.15) is 5.10 Å². The Kier molecular flexibility index (Phi) is 6.41. The number of Topliss-reactive ketones (excluding diaryl/α,β-unsaturated/α-hetero) is 1. The molecule has 2 heterocycles. The highest BCUT2D eigenvalue weighted by Gasteiger charge is 2.14. The van der Waals surface area contributed by atoms with Gasteiger partial charge in [0.05, 0.1) is 17.1 Å². The van der Waals surface area contributed by atoms with Crippen molar-refractivity contribution in [2.45, 2.75) is 46.7 Å². The van der Waals surface area contributed by atoms with E-state index >= 15 is 0 Å². The van der Waals surface area contributed by atoms with Gasteiger partial charge in [-0.05, 0) is 38.5 Å². The number of ketones is 1. The first-order valence-corrected chi connectivity index (χ1v) is 10.2. The summed E-state index contributed by atoms with van der Waals surface area (Å²) < 4.78 is 1.97. The summed E-state index contributed by atoms with van der Waals surface area (Å²) in [6.07, 6.45) is 0.434. The van der Waals surface area contributed by atoms with Crippen LogP contribution in [0, 0.1) is 20.8 Å². The van der Waals surface area contributed by atoms with E-state index in [1.54, 1.807) is 0 Å². The van der Waals surface area contributed by atoms with Crippen LogP contribution in [0.5, 0.6) is 0 Å². The van der Waals surface area contributed by atoms with Gasteiger partial charge in [-0.3, -0.25) is 14.3 Å². The molecule has 0 spiro atoms. The van der Waals surface area contributed by atoms with Gasteiger partial charge >= 0.3 is 0 Å². The van der Waals surface area contributed by atoms with E-state index in [2.05, 4.69) is 22.5 Å². The molecule has 0 saturated carbocycles. The molecule has 0 radical (unpaired) electrons. The molecule has 2 aromatic heterocycles. The Balaban J connectivity index is 1.54. The van der Waals surface area contributed by atoms with Gasteiger partial charge in [0.15, 0.2) is 5.78 Å². The van der Waals surface area contributed by atoms with E-state index in [4.69, 9.17) is 0 Å². The third-order valence-corrected chi connectivity index (χ3v) is 5.80. The predicted molar refractivity (Wildman–Crippen MR) is 112 cm³/mol. The molecular formula is C22H25N3O2S. The number of benzene rings is 1. The van der Waals surface area contributed by atoms with Crippen LogP contribution in [0.25, 0.3) is 0 Å². The fraction of sp³-hybridized carbons (Fsp3) is 0.318. The highest BCUT2D eigenvalue weighted by Crippen LogP contribution is 2.18. The van der Waals surface area contributed by atoms with Crippen LogP contribution in [0.3, 0.4) is 0 Å². The molecule has 5 nitrogen and oxygen atoms in total. The van der Waals surface area contributed by atoms with Crippen molar-refractivity contribution in [2.75, 3.05) is 0 Å². The first kappa shape index (κ1) is 20.0. The standard InChI is InChI=1S/C22H25N3O2S/c1-15-9-11-21(28-15)20(26)10-12-22(27)23-13-19-16(2)24-25(17(19)3)14-18-7-5-4-6-8-18/h4-9,11H,10,12-14H2,1-3H3,(H,23,27). The normalized spacial score (nSPS) is 10.8. The lowest BCUT2D eigenvalue weighted by molar-refractivity contribution is -0.121. The SMILES string of the molecule is Cc1ccc(C(=O)CCC(=O)NCc2c(C)nn(Cc3ccccc3)c2C)s1. The van der Waals surface area contributed by atoms with Gasteiger partial charge in [-0.25, -0.2) is 0 Å². The van der Waals surface area contributed by atoms with Crippen molar-refractivity contribution in [1.82, 2.24) is 15.1 Å². The van der Waals surface area contributed by atoms with E-state index in [-0.39, 0.29) is 24.5 Å². The maximum Gasteiger partial charge on any atom is 0.220 e. The van der Waals surface area contributed by atoms with Crippen molar-refractivity contribution in [3.8, 4) is 0 Å². The van der Waals surface area contributed by atoms with Crippen LogP contribution < -0.4 is 5.32 Å². The number of thiophene rings is 1. The van der Waals surface area contributed by atoms with Crippen LogP contribution in [-0.4, -0.2) is 21.5 Å². The van der Waals surface area contributed by atoms with Gasteiger partial charge in [-0.1, -0.05) is 30.3 Å². The largest absolute Gasteiger partial charge is 0.352 e. The number of hydrogen-bond acceptors (Lipinski definition) is 4. The van der Waals surface area contributed by atoms with Gasteiger partial charge in [0.1, 0.15) is 0 Å². The molecule has 0 aliphatic heterocycles. The van der Waals surface area contributed by atoms with Gasteiger partial charge in [0, 0.05) is 35.5 Å².